The van der Waals surface area contributed by atoms with Gasteiger partial charge in [0, 0.05) is 38.8 Å². The van der Waals surface area contributed by atoms with E-state index in [9.17, 15) is 13.2 Å². The summed E-state index contributed by atoms with van der Waals surface area (Å²) in [5.74, 6) is 0.889. The Morgan fingerprint density at radius 2 is 1.67 bits per heavy atom. The number of hydrogen-bond acceptors (Lipinski definition) is 5. The van der Waals surface area contributed by atoms with Crippen LogP contribution in [0.3, 0.4) is 0 Å². The van der Waals surface area contributed by atoms with Gasteiger partial charge < -0.3 is 9.64 Å². The molecule has 2 aromatic rings. The number of methoxy groups -OCH3 is 1. The standard InChI is InChI=1S/C25H33N3O4S/c1-19-4-11-24(16-20(19)2)33(30,31)28-14-12-26(13-15-28)25(29)18-27(22-7-8-22)17-21-5-9-23(32-3)10-6-21/h4-6,9-11,16,22H,7-8,12-15,17-18H2,1-3H3. The molecule has 2 aromatic carbocycles. The van der Waals surface area contributed by atoms with Crippen LogP contribution in [0, 0.1) is 13.8 Å². The van der Waals surface area contributed by atoms with E-state index in [1.807, 2.05) is 44.2 Å². The van der Waals surface area contributed by atoms with Crippen LogP contribution in [0.5, 0.6) is 5.75 Å². The highest BCUT2D eigenvalue weighted by Gasteiger charge is 2.34. The summed E-state index contributed by atoms with van der Waals surface area (Å²) in [4.78, 5) is 17.4. The molecule has 1 aliphatic heterocycles. The van der Waals surface area contributed by atoms with Crippen LogP contribution in [0.1, 0.15) is 29.5 Å². The second kappa shape index (κ2) is 9.83. The molecule has 33 heavy (non-hydrogen) atoms. The third-order valence-electron chi connectivity index (χ3n) is 6.65. The van der Waals surface area contributed by atoms with E-state index in [2.05, 4.69) is 4.90 Å². The van der Waals surface area contributed by atoms with Crippen LogP contribution in [-0.2, 0) is 21.4 Å². The number of aryl methyl sites for hydroxylation is 2. The average Bonchev–Trinajstić information content (AvgIpc) is 3.66. The maximum Gasteiger partial charge on any atom is 0.243 e. The van der Waals surface area contributed by atoms with Gasteiger partial charge in [0.05, 0.1) is 18.6 Å². The maximum absolute atomic E-state index is 13.1. The molecular formula is C25H33N3O4S. The summed E-state index contributed by atoms with van der Waals surface area (Å²) < 4.78 is 32.8. The Bertz CT molecular complexity index is 1090. The zero-order valence-corrected chi connectivity index (χ0v) is 20.5. The lowest BCUT2D eigenvalue weighted by molar-refractivity contribution is -0.133. The first kappa shape index (κ1) is 23.7. The molecular weight excluding hydrogens is 438 g/mol. The van der Waals surface area contributed by atoms with Gasteiger partial charge in [-0.15, -0.1) is 0 Å². The van der Waals surface area contributed by atoms with Crippen molar-refractivity contribution < 1.29 is 17.9 Å². The van der Waals surface area contributed by atoms with Crippen LogP contribution in [0.4, 0.5) is 0 Å². The maximum atomic E-state index is 13.1. The normalized spacial score (nSPS) is 17.4. The Labute approximate surface area is 197 Å². The Balaban J connectivity index is 1.34. The molecule has 0 atom stereocenters. The molecule has 178 valence electrons. The third-order valence-corrected chi connectivity index (χ3v) is 8.55. The predicted molar refractivity (Wildman–Crippen MR) is 128 cm³/mol. The highest BCUT2D eigenvalue weighted by Crippen LogP contribution is 2.29. The van der Waals surface area contributed by atoms with Crippen LogP contribution < -0.4 is 4.74 Å². The zero-order valence-electron chi connectivity index (χ0n) is 19.7. The van der Waals surface area contributed by atoms with Crippen LogP contribution in [0.2, 0.25) is 0 Å². The van der Waals surface area contributed by atoms with Crippen LogP contribution in [0.25, 0.3) is 0 Å². The van der Waals surface area contributed by atoms with Gasteiger partial charge in [0.2, 0.25) is 15.9 Å². The summed E-state index contributed by atoms with van der Waals surface area (Å²) in [5, 5.41) is 0. The Morgan fingerprint density at radius 1 is 1.00 bits per heavy atom. The number of benzene rings is 2. The van der Waals surface area contributed by atoms with Crippen LogP contribution in [0.15, 0.2) is 47.4 Å². The van der Waals surface area contributed by atoms with Crippen molar-refractivity contribution in [3.63, 3.8) is 0 Å². The van der Waals surface area contributed by atoms with E-state index in [0.717, 1.165) is 41.8 Å². The fourth-order valence-electron chi connectivity index (χ4n) is 4.19. The van der Waals surface area contributed by atoms with Gasteiger partial charge in [0.15, 0.2) is 0 Å². The van der Waals surface area contributed by atoms with Gasteiger partial charge in [-0.05, 0) is 67.6 Å². The van der Waals surface area contributed by atoms with Gasteiger partial charge in [0.25, 0.3) is 0 Å². The molecule has 0 bridgehead atoms. The smallest absolute Gasteiger partial charge is 0.243 e. The first-order valence-corrected chi connectivity index (χ1v) is 12.9. The Hall–Kier alpha value is -2.42. The topological polar surface area (TPSA) is 70.2 Å². The van der Waals surface area contributed by atoms with Crippen molar-refractivity contribution in [2.75, 3.05) is 39.8 Å². The van der Waals surface area contributed by atoms with E-state index in [4.69, 9.17) is 4.74 Å². The molecule has 8 heteroatoms. The van der Waals surface area contributed by atoms with E-state index in [1.165, 1.54) is 4.31 Å². The average molecular weight is 472 g/mol. The van der Waals surface area contributed by atoms with E-state index >= 15 is 0 Å². The number of carbonyl (C=O) groups excluding carboxylic acids is 1. The molecule has 1 amide bonds. The van der Waals surface area contributed by atoms with Gasteiger partial charge >= 0.3 is 0 Å². The predicted octanol–water partition coefficient (Wildman–Crippen LogP) is 2.81. The number of sulfonamides is 1. The van der Waals surface area contributed by atoms with E-state index in [1.54, 1.807) is 24.1 Å². The van der Waals surface area contributed by atoms with Crippen LogP contribution >= 0.6 is 0 Å². The lowest BCUT2D eigenvalue weighted by Gasteiger charge is -2.35. The molecule has 0 N–H and O–H groups in total. The first-order chi connectivity index (χ1) is 15.8. The largest absolute Gasteiger partial charge is 0.497 e. The fourth-order valence-corrected chi connectivity index (χ4v) is 5.70. The lowest BCUT2D eigenvalue weighted by atomic mass is 10.1. The third kappa shape index (κ3) is 5.57. The van der Waals surface area contributed by atoms with Crippen molar-refractivity contribution >= 4 is 15.9 Å². The second-order valence-corrected chi connectivity index (χ2v) is 11.0. The summed E-state index contributed by atoms with van der Waals surface area (Å²) in [6.07, 6.45) is 2.23. The number of hydrogen-bond donors (Lipinski definition) is 0. The molecule has 1 heterocycles. The Morgan fingerprint density at radius 3 is 2.24 bits per heavy atom. The van der Waals surface area contributed by atoms with Gasteiger partial charge in [-0.1, -0.05) is 18.2 Å². The molecule has 1 saturated heterocycles. The van der Waals surface area contributed by atoms with E-state index in [-0.39, 0.29) is 5.91 Å². The summed E-state index contributed by atoms with van der Waals surface area (Å²) >= 11 is 0. The summed E-state index contributed by atoms with van der Waals surface area (Å²) in [7, 11) is -1.90. The van der Waals surface area contributed by atoms with Crippen LogP contribution in [-0.4, -0.2) is 74.3 Å². The van der Waals surface area contributed by atoms with Crippen molar-refractivity contribution in [3.8, 4) is 5.75 Å². The minimum absolute atomic E-state index is 0.0682. The van der Waals surface area contributed by atoms with Crippen molar-refractivity contribution in [3.05, 3.63) is 59.2 Å². The molecule has 4 rings (SSSR count). The molecule has 1 aliphatic carbocycles. The van der Waals surface area contributed by atoms with E-state index in [0.29, 0.717) is 43.7 Å². The second-order valence-electron chi connectivity index (χ2n) is 9.02. The van der Waals surface area contributed by atoms with Gasteiger partial charge in [0.1, 0.15) is 5.75 Å². The number of amides is 1. The van der Waals surface area contributed by atoms with Crippen molar-refractivity contribution in [2.24, 2.45) is 0 Å². The number of ether oxygens (including phenoxy) is 1. The van der Waals surface area contributed by atoms with Gasteiger partial charge in [-0.2, -0.15) is 4.31 Å². The van der Waals surface area contributed by atoms with Gasteiger partial charge in [-0.3, -0.25) is 9.69 Å². The highest BCUT2D eigenvalue weighted by atomic mass is 32.2. The number of carbonyl (C=O) groups is 1. The molecule has 0 aromatic heterocycles. The fraction of sp³-hybridized carbons (Fsp3) is 0.480. The number of piperazine rings is 1. The zero-order chi connectivity index (χ0) is 23.6. The highest BCUT2D eigenvalue weighted by molar-refractivity contribution is 7.89. The molecule has 2 fully saturated rings. The minimum Gasteiger partial charge on any atom is -0.497 e. The van der Waals surface area contributed by atoms with E-state index < -0.39 is 10.0 Å². The SMILES string of the molecule is COc1ccc(CN(CC(=O)N2CCN(S(=O)(=O)c3ccc(C)c(C)c3)CC2)C2CC2)cc1. The molecule has 7 nitrogen and oxygen atoms in total. The summed E-state index contributed by atoms with van der Waals surface area (Å²) in [6.45, 7) is 6.46. The monoisotopic (exact) mass is 471 g/mol. The quantitative estimate of drug-likeness (QED) is 0.592. The first-order valence-electron chi connectivity index (χ1n) is 11.5. The van der Waals surface area contributed by atoms with Crippen molar-refractivity contribution in [1.82, 2.24) is 14.1 Å². The lowest BCUT2D eigenvalue weighted by Crippen LogP contribution is -2.52. The number of nitrogens with zero attached hydrogens (tertiary/aromatic N) is 3. The molecule has 0 radical (unpaired) electrons. The number of rotatable bonds is 8. The molecule has 2 aliphatic rings. The molecule has 1 saturated carbocycles. The van der Waals surface area contributed by atoms with Crippen molar-refractivity contribution in [2.45, 2.75) is 44.2 Å². The minimum atomic E-state index is -3.55. The summed E-state index contributed by atoms with van der Waals surface area (Å²) in [6, 6.07) is 13.6. The Kier molecular flexibility index (Phi) is 7.07. The van der Waals surface area contributed by atoms with Gasteiger partial charge in [-0.25, -0.2) is 8.42 Å². The summed E-state index contributed by atoms with van der Waals surface area (Å²) in [5.41, 5.74) is 3.18. The van der Waals surface area contributed by atoms with Crippen molar-refractivity contribution in [1.29, 1.82) is 0 Å². The molecule has 0 spiro atoms. The molecule has 0 unspecified atom stereocenters.